The van der Waals surface area contributed by atoms with Crippen molar-refractivity contribution < 1.29 is 0 Å². The lowest BCUT2D eigenvalue weighted by Crippen LogP contribution is -2.28. The van der Waals surface area contributed by atoms with Crippen LogP contribution in [0.25, 0.3) is 0 Å². The van der Waals surface area contributed by atoms with Gasteiger partial charge in [-0.25, -0.2) is 0 Å². The molecule has 0 spiro atoms. The van der Waals surface area contributed by atoms with Gasteiger partial charge in [0.15, 0.2) is 0 Å². The van der Waals surface area contributed by atoms with E-state index in [2.05, 4.69) is 32.2 Å². The van der Waals surface area contributed by atoms with Crippen LogP contribution >= 0.6 is 23.2 Å². The Bertz CT molecular complexity index is 373. The SMILES string of the molecule is CCCC(CCC)C(NCC)c1ccc(Cl)cc1Cl. The van der Waals surface area contributed by atoms with Gasteiger partial charge >= 0.3 is 0 Å². The van der Waals surface area contributed by atoms with Crippen LogP contribution in [0.4, 0.5) is 0 Å². The van der Waals surface area contributed by atoms with Gasteiger partial charge < -0.3 is 5.32 Å². The van der Waals surface area contributed by atoms with E-state index in [1.165, 1.54) is 31.2 Å². The van der Waals surface area contributed by atoms with E-state index in [9.17, 15) is 0 Å². The third-order valence-electron chi connectivity index (χ3n) is 3.51. The van der Waals surface area contributed by atoms with Crippen molar-refractivity contribution in [3.63, 3.8) is 0 Å². The fraction of sp³-hybridized carbons (Fsp3) is 0.625. The zero-order valence-electron chi connectivity index (χ0n) is 12.2. The van der Waals surface area contributed by atoms with Gasteiger partial charge in [-0.2, -0.15) is 0 Å². The molecule has 0 aliphatic rings. The van der Waals surface area contributed by atoms with Crippen LogP contribution in [0.2, 0.25) is 10.0 Å². The maximum Gasteiger partial charge on any atom is 0.0468 e. The van der Waals surface area contributed by atoms with Crippen LogP contribution in [0.3, 0.4) is 0 Å². The van der Waals surface area contributed by atoms with Gasteiger partial charge in [0.1, 0.15) is 0 Å². The molecule has 0 aromatic heterocycles. The second-order valence-corrected chi connectivity index (χ2v) is 5.88. The first-order valence-electron chi connectivity index (χ1n) is 7.32. The summed E-state index contributed by atoms with van der Waals surface area (Å²) < 4.78 is 0. The quantitative estimate of drug-likeness (QED) is 0.634. The smallest absolute Gasteiger partial charge is 0.0468 e. The molecule has 0 heterocycles. The second kappa shape index (κ2) is 8.84. The Morgan fingerprint density at radius 2 is 1.68 bits per heavy atom. The molecule has 0 aliphatic heterocycles. The highest BCUT2D eigenvalue weighted by molar-refractivity contribution is 6.35. The van der Waals surface area contributed by atoms with Gasteiger partial charge in [-0.15, -0.1) is 0 Å². The highest BCUT2D eigenvalue weighted by atomic mass is 35.5. The Morgan fingerprint density at radius 1 is 1.05 bits per heavy atom. The molecule has 1 atom stereocenters. The predicted octanol–water partition coefficient (Wildman–Crippen LogP) is 5.86. The molecule has 108 valence electrons. The Hall–Kier alpha value is -0.240. The average Bonchev–Trinajstić information content (AvgIpc) is 2.37. The van der Waals surface area contributed by atoms with E-state index in [4.69, 9.17) is 23.2 Å². The number of rotatable bonds is 8. The molecule has 1 N–H and O–H groups in total. The van der Waals surface area contributed by atoms with Crippen LogP contribution in [0, 0.1) is 5.92 Å². The van der Waals surface area contributed by atoms with Gasteiger partial charge in [-0.05, 0) is 43.0 Å². The number of hydrogen-bond acceptors (Lipinski definition) is 1. The molecule has 3 heteroatoms. The van der Waals surface area contributed by atoms with Crippen LogP contribution in [0.15, 0.2) is 18.2 Å². The summed E-state index contributed by atoms with van der Waals surface area (Å²) in [6.07, 6.45) is 4.87. The zero-order chi connectivity index (χ0) is 14.3. The summed E-state index contributed by atoms with van der Waals surface area (Å²) in [4.78, 5) is 0. The van der Waals surface area contributed by atoms with Crippen molar-refractivity contribution >= 4 is 23.2 Å². The molecule has 1 unspecified atom stereocenters. The highest BCUT2D eigenvalue weighted by Gasteiger charge is 2.23. The monoisotopic (exact) mass is 301 g/mol. The first-order chi connectivity index (χ1) is 9.13. The van der Waals surface area contributed by atoms with Crippen LogP contribution in [0.1, 0.15) is 58.1 Å². The molecule has 1 rings (SSSR count). The zero-order valence-corrected chi connectivity index (χ0v) is 13.7. The Morgan fingerprint density at radius 3 is 2.16 bits per heavy atom. The van der Waals surface area contributed by atoms with Crippen molar-refractivity contribution in [3.8, 4) is 0 Å². The molecular formula is C16H25Cl2N. The van der Waals surface area contributed by atoms with Crippen molar-refractivity contribution in [2.45, 2.75) is 52.5 Å². The van der Waals surface area contributed by atoms with Crippen molar-refractivity contribution in [1.82, 2.24) is 5.32 Å². The van der Waals surface area contributed by atoms with E-state index in [0.717, 1.165) is 11.6 Å². The summed E-state index contributed by atoms with van der Waals surface area (Å²) in [6.45, 7) is 7.59. The summed E-state index contributed by atoms with van der Waals surface area (Å²) >= 11 is 12.4. The van der Waals surface area contributed by atoms with Crippen molar-refractivity contribution in [1.29, 1.82) is 0 Å². The predicted molar refractivity (Wildman–Crippen MR) is 86.2 cm³/mol. The van der Waals surface area contributed by atoms with Crippen LogP contribution < -0.4 is 5.32 Å². The Balaban J connectivity index is 3.02. The Labute approximate surface area is 127 Å². The average molecular weight is 302 g/mol. The van der Waals surface area contributed by atoms with E-state index in [1.807, 2.05) is 12.1 Å². The lowest BCUT2D eigenvalue weighted by Gasteiger charge is -2.29. The molecule has 1 aromatic carbocycles. The van der Waals surface area contributed by atoms with Gasteiger partial charge in [0.25, 0.3) is 0 Å². The van der Waals surface area contributed by atoms with Crippen molar-refractivity contribution in [2.75, 3.05) is 6.54 Å². The molecule has 0 amide bonds. The molecule has 0 saturated carbocycles. The minimum atomic E-state index is 0.328. The molecule has 0 bridgehead atoms. The van der Waals surface area contributed by atoms with Crippen molar-refractivity contribution in [2.24, 2.45) is 5.92 Å². The first kappa shape index (κ1) is 16.8. The number of hydrogen-bond donors (Lipinski definition) is 1. The lowest BCUT2D eigenvalue weighted by atomic mass is 9.86. The van der Waals surface area contributed by atoms with Crippen LogP contribution in [0.5, 0.6) is 0 Å². The second-order valence-electron chi connectivity index (χ2n) is 5.04. The minimum absolute atomic E-state index is 0.328. The highest BCUT2D eigenvalue weighted by Crippen LogP contribution is 2.34. The molecule has 1 nitrogen and oxygen atoms in total. The van der Waals surface area contributed by atoms with E-state index in [1.54, 1.807) is 0 Å². The molecule has 0 radical (unpaired) electrons. The largest absolute Gasteiger partial charge is 0.310 e. The maximum atomic E-state index is 6.38. The van der Waals surface area contributed by atoms with Gasteiger partial charge in [0.2, 0.25) is 0 Å². The fourth-order valence-corrected chi connectivity index (χ4v) is 3.25. The molecule has 19 heavy (non-hydrogen) atoms. The normalized spacial score (nSPS) is 12.9. The van der Waals surface area contributed by atoms with Gasteiger partial charge in [0.05, 0.1) is 0 Å². The third kappa shape index (κ3) is 4.98. The number of halogens is 2. The van der Waals surface area contributed by atoms with E-state index >= 15 is 0 Å². The van der Waals surface area contributed by atoms with Crippen LogP contribution in [-0.2, 0) is 0 Å². The fourth-order valence-electron chi connectivity index (χ4n) is 2.72. The molecular weight excluding hydrogens is 277 g/mol. The summed E-state index contributed by atoms with van der Waals surface area (Å²) in [5, 5.41) is 5.08. The van der Waals surface area contributed by atoms with E-state index < -0.39 is 0 Å². The number of benzene rings is 1. The molecule has 0 fully saturated rings. The third-order valence-corrected chi connectivity index (χ3v) is 4.07. The molecule has 0 aliphatic carbocycles. The van der Waals surface area contributed by atoms with Gasteiger partial charge in [-0.3, -0.25) is 0 Å². The summed E-state index contributed by atoms with van der Waals surface area (Å²) in [7, 11) is 0. The summed E-state index contributed by atoms with van der Waals surface area (Å²) in [5.74, 6) is 0.633. The summed E-state index contributed by atoms with van der Waals surface area (Å²) in [5.41, 5.74) is 1.18. The summed E-state index contributed by atoms with van der Waals surface area (Å²) in [6, 6.07) is 6.17. The molecule has 0 saturated heterocycles. The topological polar surface area (TPSA) is 12.0 Å². The minimum Gasteiger partial charge on any atom is -0.310 e. The van der Waals surface area contributed by atoms with Crippen LogP contribution in [-0.4, -0.2) is 6.54 Å². The van der Waals surface area contributed by atoms with E-state index in [0.29, 0.717) is 17.0 Å². The number of nitrogens with one attached hydrogen (secondary N) is 1. The first-order valence-corrected chi connectivity index (χ1v) is 8.07. The van der Waals surface area contributed by atoms with Crippen molar-refractivity contribution in [3.05, 3.63) is 33.8 Å². The van der Waals surface area contributed by atoms with Gasteiger partial charge in [0, 0.05) is 16.1 Å². The van der Waals surface area contributed by atoms with E-state index in [-0.39, 0.29) is 0 Å². The maximum absolute atomic E-state index is 6.38. The lowest BCUT2D eigenvalue weighted by molar-refractivity contribution is 0.320. The van der Waals surface area contributed by atoms with Gasteiger partial charge in [-0.1, -0.05) is 62.9 Å². The molecule has 1 aromatic rings. The Kier molecular flexibility index (Phi) is 7.82. The standard InChI is InChI=1S/C16H25Cl2N/c1-4-7-12(8-5-2)16(19-6-3)14-10-9-13(17)11-15(14)18/h9-12,16,19H,4-8H2,1-3H3.